The highest BCUT2D eigenvalue weighted by Crippen LogP contribution is 2.40. The Balaban J connectivity index is 0.657. The zero-order valence-electron chi connectivity index (χ0n) is 37.6. The molecule has 2 atom stereocenters. The second-order valence-electron chi connectivity index (χ2n) is 16.9. The second kappa shape index (κ2) is 20.8. The van der Waals surface area contributed by atoms with Crippen molar-refractivity contribution < 1.29 is 47.7 Å². The Kier molecular flexibility index (Phi) is 13.8. The van der Waals surface area contributed by atoms with Gasteiger partial charge >= 0.3 is 11.9 Å². The Bertz CT molecular complexity index is 2820. The highest BCUT2D eigenvalue weighted by Gasteiger charge is 2.37. The zero-order chi connectivity index (χ0) is 48.1. The van der Waals surface area contributed by atoms with Crippen molar-refractivity contribution in [3.8, 4) is 11.5 Å². The molecular formula is C50H46N8O10S2. The summed E-state index contributed by atoms with van der Waals surface area (Å²) < 4.78 is 22.2. The van der Waals surface area contributed by atoms with Crippen LogP contribution in [0.5, 0.6) is 11.5 Å². The van der Waals surface area contributed by atoms with Crippen LogP contribution in [0.1, 0.15) is 11.4 Å². The smallest absolute Gasteiger partial charge is 0.419 e. The fourth-order valence-corrected chi connectivity index (χ4v) is 10.3. The van der Waals surface area contributed by atoms with Crippen molar-refractivity contribution in [2.75, 3.05) is 76.2 Å². The molecular weight excluding hydrogens is 937 g/mol. The van der Waals surface area contributed by atoms with Crippen LogP contribution in [0.2, 0.25) is 0 Å². The minimum atomic E-state index is -1.48. The van der Waals surface area contributed by atoms with Crippen LogP contribution < -0.4 is 20.1 Å². The maximum absolute atomic E-state index is 13.1. The highest BCUT2D eigenvalue weighted by molar-refractivity contribution is 8.01. The van der Waals surface area contributed by atoms with Crippen molar-refractivity contribution in [3.63, 3.8) is 0 Å². The molecule has 18 nitrogen and oxygen atoms in total. The molecule has 2 saturated heterocycles. The van der Waals surface area contributed by atoms with Gasteiger partial charge in [0.15, 0.2) is 13.2 Å². The number of piperazine rings is 2. The number of benzene rings is 4. The van der Waals surface area contributed by atoms with Crippen molar-refractivity contribution in [3.05, 3.63) is 121 Å². The highest BCUT2D eigenvalue weighted by atomic mass is 32.2. The number of hydrogen-bond donors (Lipinski definition) is 2. The predicted octanol–water partition coefficient (Wildman–Crippen LogP) is 4.76. The normalized spacial score (nSPS) is 18.3. The van der Waals surface area contributed by atoms with Gasteiger partial charge in [0, 0.05) is 86.0 Å². The number of nitrogens with zero attached hydrogens (tertiary/aromatic N) is 6. The molecule has 0 aliphatic carbocycles. The molecule has 4 amide bonds. The van der Waals surface area contributed by atoms with Gasteiger partial charge in [-0.05, 0) is 60.7 Å². The average molecular weight is 983 g/mol. The number of para-hydroxylation sites is 2. The maximum atomic E-state index is 13.1. The standard InChI is InChI=1S/C50H46N8O10S2/c59-43(57-21-17-55(18-22-57)27-33-11-9-31-5-1-3-7-37(31)51-33)29-65-35-13-15-39-41(25-35)69-49(45(61)53-39)67-47(63)48(64)68-50-46(62)54-40-16-14-36(26-42(40)70-50)66-30-44(60)58-23-19-56(20-24-58)28-34-12-10-32-6-2-4-8-38(32)52-34/h1-16,25-26,49-50H,17-24,27-30H2,(H,53,61)(H,54,62). The van der Waals surface area contributed by atoms with E-state index in [1.807, 2.05) is 60.7 Å². The van der Waals surface area contributed by atoms with Crippen LogP contribution in [-0.2, 0) is 51.3 Å². The lowest BCUT2D eigenvalue weighted by Crippen LogP contribution is -2.49. The van der Waals surface area contributed by atoms with Crippen LogP contribution >= 0.6 is 23.5 Å². The van der Waals surface area contributed by atoms with Crippen molar-refractivity contribution >= 4 is 92.3 Å². The van der Waals surface area contributed by atoms with Crippen molar-refractivity contribution in [1.82, 2.24) is 29.6 Å². The largest absolute Gasteiger partial charge is 0.484 e. The van der Waals surface area contributed by atoms with Gasteiger partial charge in [-0.1, -0.05) is 72.1 Å². The minimum Gasteiger partial charge on any atom is -0.484 e. The Morgan fingerprint density at radius 2 is 0.943 bits per heavy atom. The summed E-state index contributed by atoms with van der Waals surface area (Å²) >= 11 is 1.73. The van der Waals surface area contributed by atoms with E-state index in [4.69, 9.17) is 28.9 Å². The van der Waals surface area contributed by atoms with E-state index in [1.165, 1.54) is 0 Å². The van der Waals surface area contributed by atoms with Crippen LogP contribution in [0, 0.1) is 0 Å². The molecule has 0 radical (unpaired) electrons. The molecule has 0 bridgehead atoms. The Labute approximate surface area is 409 Å². The number of esters is 2. The molecule has 6 heterocycles. The van der Waals surface area contributed by atoms with Gasteiger partial charge in [0.1, 0.15) is 11.5 Å². The van der Waals surface area contributed by atoms with Gasteiger partial charge in [-0.15, -0.1) is 0 Å². The SMILES string of the molecule is O=C(OC1Sc2cc(OCC(=O)N3CCN(Cc4ccc5ccccc5n4)CC3)ccc2NC1=O)C(=O)OC1Sc2cc(OCC(=O)N3CCN(Cc4ccc5ccccc5n4)CC3)ccc2NC1=O. The second-order valence-corrected chi connectivity index (χ2v) is 19.1. The number of rotatable bonds is 12. The number of hydrogen-bond acceptors (Lipinski definition) is 16. The molecule has 0 saturated carbocycles. The lowest BCUT2D eigenvalue weighted by Gasteiger charge is -2.34. The molecule has 2 fully saturated rings. The number of pyridine rings is 2. The van der Waals surface area contributed by atoms with E-state index < -0.39 is 34.6 Å². The number of thioether (sulfide) groups is 2. The monoisotopic (exact) mass is 982 g/mol. The third-order valence-corrected chi connectivity index (χ3v) is 14.4. The summed E-state index contributed by atoms with van der Waals surface area (Å²) in [7, 11) is 0. The summed E-state index contributed by atoms with van der Waals surface area (Å²) in [6.45, 7) is 5.90. The fraction of sp³-hybridized carbons (Fsp3) is 0.280. The molecule has 2 N–H and O–H groups in total. The summed E-state index contributed by atoms with van der Waals surface area (Å²) in [6.07, 6.45) is 0. The van der Waals surface area contributed by atoms with Crippen LogP contribution in [0.3, 0.4) is 0 Å². The van der Waals surface area contributed by atoms with Crippen LogP contribution in [0.4, 0.5) is 11.4 Å². The Morgan fingerprint density at radius 1 is 0.529 bits per heavy atom. The summed E-state index contributed by atoms with van der Waals surface area (Å²) in [4.78, 5) is 96.5. The number of carbonyl (C=O) groups is 6. The first-order chi connectivity index (χ1) is 34.1. The van der Waals surface area contributed by atoms with E-state index in [0.29, 0.717) is 98.1 Å². The third-order valence-electron chi connectivity index (χ3n) is 12.2. The van der Waals surface area contributed by atoms with Crippen LogP contribution in [0.25, 0.3) is 21.8 Å². The first-order valence-electron chi connectivity index (χ1n) is 22.7. The van der Waals surface area contributed by atoms with Gasteiger partial charge in [-0.3, -0.25) is 38.9 Å². The summed E-state index contributed by atoms with van der Waals surface area (Å²) in [6, 6.07) is 33.8. The number of carbonyl (C=O) groups excluding carboxylic acids is 6. The number of fused-ring (bicyclic) bond motifs is 4. The van der Waals surface area contributed by atoms with Gasteiger partial charge < -0.3 is 39.4 Å². The van der Waals surface area contributed by atoms with E-state index in [0.717, 1.165) is 56.7 Å². The number of amides is 4. The molecule has 358 valence electrons. The molecule has 4 aliphatic rings. The summed E-state index contributed by atoms with van der Waals surface area (Å²) in [5.41, 5.74) is 1.74. The fourth-order valence-electron chi connectivity index (χ4n) is 8.39. The lowest BCUT2D eigenvalue weighted by atomic mass is 10.2. The quantitative estimate of drug-likeness (QED) is 0.126. The maximum Gasteiger partial charge on any atom is 0.419 e. The predicted molar refractivity (Wildman–Crippen MR) is 260 cm³/mol. The topological polar surface area (TPSA) is 202 Å². The molecule has 10 rings (SSSR count). The van der Waals surface area contributed by atoms with Crippen molar-refractivity contribution in [1.29, 1.82) is 0 Å². The molecule has 4 aromatic carbocycles. The van der Waals surface area contributed by atoms with Crippen LogP contribution in [-0.4, -0.2) is 142 Å². The van der Waals surface area contributed by atoms with E-state index in [-0.39, 0.29) is 25.0 Å². The van der Waals surface area contributed by atoms with Gasteiger partial charge in [0.25, 0.3) is 23.6 Å². The third kappa shape index (κ3) is 10.9. The zero-order valence-corrected chi connectivity index (χ0v) is 39.2. The molecule has 2 unspecified atom stereocenters. The lowest BCUT2D eigenvalue weighted by molar-refractivity contribution is -0.170. The van der Waals surface area contributed by atoms with Crippen LogP contribution in [0.15, 0.2) is 119 Å². The first kappa shape index (κ1) is 46.5. The number of aromatic nitrogens is 2. The molecule has 2 aromatic heterocycles. The molecule has 70 heavy (non-hydrogen) atoms. The molecule has 4 aliphatic heterocycles. The molecule has 0 spiro atoms. The molecule has 20 heteroatoms. The van der Waals surface area contributed by atoms with Crippen molar-refractivity contribution in [2.45, 2.75) is 33.8 Å². The Morgan fingerprint density at radius 3 is 1.37 bits per heavy atom. The van der Waals surface area contributed by atoms with E-state index >= 15 is 0 Å². The van der Waals surface area contributed by atoms with Gasteiger partial charge in [0.05, 0.1) is 33.8 Å². The van der Waals surface area contributed by atoms with Gasteiger partial charge in [-0.2, -0.15) is 0 Å². The van der Waals surface area contributed by atoms with Gasteiger partial charge in [-0.25, -0.2) is 9.59 Å². The number of ether oxygens (including phenoxy) is 4. The Hall–Kier alpha value is -7.26. The molecule has 6 aromatic rings. The van der Waals surface area contributed by atoms with E-state index in [1.54, 1.807) is 46.2 Å². The number of anilines is 2. The van der Waals surface area contributed by atoms with E-state index in [9.17, 15) is 28.8 Å². The van der Waals surface area contributed by atoms with E-state index in [2.05, 4.69) is 32.6 Å². The van der Waals surface area contributed by atoms with Crippen molar-refractivity contribution in [2.24, 2.45) is 0 Å². The minimum absolute atomic E-state index is 0.172. The average Bonchev–Trinajstić information content (AvgIpc) is 3.38. The summed E-state index contributed by atoms with van der Waals surface area (Å²) in [5, 5.41) is 7.47. The first-order valence-corrected chi connectivity index (χ1v) is 24.4. The van der Waals surface area contributed by atoms with Gasteiger partial charge in [0.2, 0.25) is 10.9 Å². The summed E-state index contributed by atoms with van der Waals surface area (Å²) in [5.74, 6) is -4.00. The number of nitrogens with one attached hydrogen (secondary N) is 2.